The van der Waals surface area contributed by atoms with E-state index in [4.69, 9.17) is 9.47 Å². The van der Waals surface area contributed by atoms with Crippen LogP contribution in [-0.2, 0) is 16.1 Å². The third-order valence-electron chi connectivity index (χ3n) is 5.61. The van der Waals surface area contributed by atoms with Crippen LogP contribution in [0.1, 0.15) is 44.9 Å². The van der Waals surface area contributed by atoms with Gasteiger partial charge in [0.05, 0.1) is 12.1 Å². The Hall–Kier alpha value is -3.06. The Balaban J connectivity index is 1.88. The third kappa shape index (κ3) is 5.59. The molecule has 0 aliphatic carbocycles. The molecule has 1 heterocycles. The van der Waals surface area contributed by atoms with E-state index in [1.165, 1.54) is 0 Å². The fraction of sp³-hybridized carbons (Fsp3) is 0.440. The number of nitrogens with zero attached hydrogens (tertiary/aromatic N) is 1. The van der Waals surface area contributed by atoms with Gasteiger partial charge in [-0.3, -0.25) is 4.90 Å². The number of aliphatic hydroxyl groups excluding tert-OH is 1. The maximum Gasteiger partial charge on any atom is 0.410 e. The Kier molecular flexibility index (Phi) is 7.40. The molecule has 4 unspecified atom stereocenters. The molecule has 0 radical (unpaired) electrons. The normalized spacial score (nSPS) is 23.0. The van der Waals surface area contributed by atoms with Crippen molar-refractivity contribution in [2.24, 2.45) is 5.92 Å². The monoisotopic (exact) mass is 440 g/mol. The molecule has 2 aromatic rings. The quantitative estimate of drug-likeness (QED) is 0.725. The molecule has 1 aliphatic rings. The van der Waals surface area contributed by atoms with Crippen molar-refractivity contribution >= 4 is 12.2 Å². The first-order valence-electron chi connectivity index (χ1n) is 10.9. The van der Waals surface area contributed by atoms with Crippen molar-refractivity contribution < 1.29 is 24.2 Å². The molecule has 0 aromatic heterocycles. The second-order valence-corrected chi connectivity index (χ2v) is 9.06. The lowest BCUT2D eigenvalue weighted by molar-refractivity contribution is 0.0465. The highest BCUT2D eigenvalue weighted by atomic mass is 16.6. The van der Waals surface area contributed by atoms with Crippen molar-refractivity contribution in [2.75, 3.05) is 6.61 Å². The highest BCUT2D eigenvalue weighted by Crippen LogP contribution is 2.41. The predicted molar refractivity (Wildman–Crippen MR) is 121 cm³/mol. The Morgan fingerprint density at radius 2 is 1.62 bits per heavy atom. The average Bonchev–Trinajstić information content (AvgIpc) is 3.03. The average molecular weight is 441 g/mol. The Morgan fingerprint density at radius 1 is 1.03 bits per heavy atom. The van der Waals surface area contributed by atoms with Crippen molar-refractivity contribution in [3.63, 3.8) is 0 Å². The smallest absolute Gasteiger partial charge is 0.410 e. The Morgan fingerprint density at radius 3 is 2.19 bits per heavy atom. The molecule has 172 valence electrons. The summed E-state index contributed by atoms with van der Waals surface area (Å²) in [5, 5.41) is 13.1. The minimum atomic E-state index is -0.667. The summed E-state index contributed by atoms with van der Waals surface area (Å²) in [5.74, 6) is -0.392. The lowest BCUT2D eigenvalue weighted by Crippen LogP contribution is -2.46. The second kappa shape index (κ2) is 10.0. The lowest BCUT2D eigenvalue weighted by Gasteiger charge is -2.30. The van der Waals surface area contributed by atoms with E-state index in [0.29, 0.717) is 0 Å². The summed E-state index contributed by atoms with van der Waals surface area (Å²) in [7, 11) is 0. The first-order chi connectivity index (χ1) is 15.2. The van der Waals surface area contributed by atoms with Gasteiger partial charge in [-0.1, -0.05) is 60.7 Å². The molecule has 4 atom stereocenters. The maximum atomic E-state index is 13.2. The summed E-state index contributed by atoms with van der Waals surface area (Å²) < 4.78 is 11.1. The van der Waals surface area contributed by atoms with E-state index in [9.17, 15) is 14.7 Å². The molecule has 1 fully saturated rings. The first-order valence-corrected chi connectivity index (χ1v) is 10.9. The summed E-state index contributed by atoms with van der Waals surface area (Å²) in [6.07, 6.45) is -1.09. The van der Waals surface area contributed by atoms with E-state index in [1.54, 1.807) is 25.7 Å². The number of amides is 2. The van der Waals surface area contributed by atoms with Gasteiger partial charge in [-0.15, -0.1) is 0 Å². The summed E-state index contributed by atoms with van der Waals surface area (Å²) in [4.78, 5) is 27.4. The topological polar surface area (TPSA) is 88.1 Å². The lowest BCUT2D eigenvalue weighted by atomic mass is 9.92. The number of ether oxygens (including phenoxy) is 2. The molecule has 2 aromatic carbocycles. The van der Waals surface area contributed by atoms with Crippen LogP contribution in [0.25, 0.3) is 0 Å². The first kappa shape index (κ1) is 23.6. The van der Waals surface area contributed by atoms with Crippen molar-refractivity contribution in [2.45, 2.75) is 58.0 Å². The molecular weight excluding hydrogens is 408 g/mol. The number of aliphatic hydroxyl groups is 1. The summed E-state index contributed by atoms with van der Waals surface area (Å²) >= 11 is 0. The number of likely N-dealkylation sites (tertiary alicyclic amines) is 1. The molecule has 3 rings (SSSR count). The second-order valence-electron chi connectivity index (χ2n) is 9.06. The van der Waals surface area contributed by atoms with Gasteiger partial charge in [0.1, 0.15) is 12.2 Å². The van der Waals surface area contributed by atoms with E-state index < -0.39 is 35.8 Å². The van der Waals surface area contributed by atoms with Gasteiger partial charge >= 0.3 is 12.2 Å². The zero-order valence-corrected chi connectivity index (χ0v) is 19.0. The summed E-state index contributed by atoms with van der Waals surface area (Å²) in [6.45, 7) is 7.16. The zero-order chi connectivity index (χ0) is 23.3. The number of hydrogen-bond acceptors (Lipinski definition) is 5. The Labute approximate surface area is 189 Å². The highest BCUT2D eigenvalue weighted by Gasteiger charge is 2.51. The summed E-state index contributed by atoms with van der Waals surface area (Å²) in [6, 6.07) is 17.5. The molecule has 2 amide bonds. The van der Waals surface area contributed by atoms with E-state index >= 15 is 0 Å². The van der Waals surface area contributed by atoms with Crippen molar-refractivity contribution in [3.8, 4) is 0 Å². The number of carbonyl (C=O) groups excluding carboxylic acids is 2. The van der Waals surface area contributed by atoms with Crippen LogP contribution in [-0.4, -0.2) is 46.5 Å². The van der Waals surface area contributed by atoms with Crippen LogP contribution in [0.2, 0.25) is 0 Å². The van der Waals surface area contributed by atoms with Crippen LogP contribution >= 0.6 is 0 Å². The van der Waals surface area contributed by atoms with Crippen LogP contribution in [0.4, 0.5) is 9.59 Å². The van der Waals surface area contributed by atoms with Crippen LogP contribution in [0.3, 0.4) is 0 Å². The number of benzene rings is 2. The molecule has 0 saturated carbocycles. The number of hydrogen-bond donors (Lipinski definition) is 2. The molecule has 7 heteroatoms. The maximum absolute atomic E-state index is 13.2. The highest BCUT2D eigenvalue weighted by molar-refractivity contribution is 5.72. The predicted octanol–water partition coefficient (Wildman–Crippen LogP) is 4.27. The van der Waals surface area contributed by atoms with Gasteiger partial charge in [-0.2, -0.15) is 0 Å². The van der Waals surface area contributed by atoms with Crippen molar-refractivity contribution in [3.05, 3.63) is 71.8 Å². The van der Waals surface area contributed by atoms with Gasteiger partial charge in [0.15, 0.2) is 0 Å². The number of alkyl carbamates (subject to hydrolysis) is 1. The molecule has 1 aliphatic heterocycles. The summed E-state index contributed by atoms with van der Waals surface area (Å²) in [5.41, 5.74) is 1.05. The minimum absolute atomic E-state index is 0.137. The molecule has 2 N–H and O–H groups in total. The van der Waals surface area contributed by atoms with Crippen molar-refractivity contribution in [1.82, 2.24) is 10.2 Å². The van der Waals surface area contributed by atoms with Gasteiger partial charge in [0, 0.05) is 18.6 Å². The molecule has 0 bridgehead atoms. The standard InChI is InChI=1S/C25H32N2O5/c1-17-20(15-28)21(26-23(29)32-25(2,3)4)22(19-13-9-6-10-14-19)27(17)24(30)31-16-18-11-7-5-8-12-18/h5-14,17,20-22,28H,15-16H2,1-4H3,(H,26,29). The van der Waals surface area contributed by atoms with Crippen LogP contribution in [0.5, 0.6) is 0 Å². The molecule has 0 spiro atoms. The van der Waals surface area contributed by atoms with E-state index in [2.05, 4.69) is 5.32 Å². The van der Waals surface area contributed by atoms with E-state index in [1.807, 2.05) is 67.6 Å². The van der Waals surface area contributed by atoms with Crippen LogP contribution < -0.4 is 5.32 Å². The van der Waals surface area contributed by atoms with Gasteiger partial charge in [0.2, 0.25) is 0 Å². The third-order valence-corrected chi connectivity index (χ3v) is 5.61. The molecule has 32 heavy (non-hydrogen) atoms. The van der Waals surface area contributed by atoms with Crippen LogP contribution in [0, 0.1) is 5.92 Å². The number of carbonyl (C=O) groups is 2. The molecule has 7 nitrogen and oxygen atoms in total. The SMILES string of the molecule is CC1C(CO)C(NC(=O)OC(C)(C)C)C(c2ccccc2)N1C(=O)OCc1ccccc1. The van der Waals surface area contributed by atoms with Gasteiger partial charge in [-0.05, 0) is 38.8 Å². The van der Waals surface area contributed by atoms with Gasteiger partial charge < -0.3 is 19.9 Å². The molecule has 1 saturated heterocycles. The van der Waals surface area contributed by atoms with E-state index in [-0.39, 0.29) is 19.3 Å². The minimum Gasteiger partial charge on any atom is -0.445 e. The van der Waals surface area contributed by atoms with Crippen molar-refractivity contribution in [1.29, 1.82) is 0 Å². The van der Waals surface area contributed by atoms with E-state index in [0.717, 1.165) is 11.1 Å². The largest absolute Gasteiger partial charge is 0.445 e. The Bertz CT molecular complexity index is 898. The van der Waals surface area contributed by atoms with Gasteiger partial charge in [-0.25, -0.2) is 9.59 Å². The fourth-order valence-electron chi connectivity index (χ4n) is 4.15. The zero-order valence-electron chi connectivity index (χ0n) is 19.0. The number of nitrogens with one attached hydrogen (secondary N) is 1. The fourth-order valence-corrected chi connectivity index (χ4v) is 4.15. The number of rotatable bonds is 5. The van der Waals surface area contributed by atoms with Gasteiger partial charge in [0.25, 0.3) is 0 Å². The van der Waals surface area contributed by atoms with Crippen LogP contribution in [0.15, 0.2) is 60.7 Å². The molecular formula is C25H32N2O5.